The highest BCUT2D eigenvalue weighted by molar-refractivity contribution is 7.09. The van der Waals surface area contributed by atoms with E-state index in [1.54, 1.807) is 22.7 Å². The van der Waals surface area contributed by atoms with Crippen LogP contribution in [0.15, 0.2) is 38.9 Å². The Kier molecular flexibility index (Phi) is 5.31. The Morgan fingerprint density at radius 3 is 3.15 bits per heavy atom. The van der Waals surface area contributed by atoms with Crippen LogP contribution in [-0.2, 0) is 13.0 Å². The van der Waals surface area contributed by atoms with Crippen LogP contribution in [0, 0.1) is 5.92 Å². The Hall–Kier alpha value is -2.19. The maximum absolute atomic E-state index is 12.4. The fourth-order valence-corrected chi connectivity index (χ4v) is 4.48. The van der Waals surface area contributed by atoms with Crippen LogP contribution in [-0.4, -0.2) is 34.2 Å². The van der Waals surface area contributed by atoms with Crippen molar-refractivity contribution in [2.75, 3.05) is 13.1 Å². The summed E-state index contributed by atoms with van der Waals surface area (Å²) < 4.78 is 5.41. The number of nitrogens with one attached hydrogen (secondary N) is 1. The molecule has 26 heavy (non-hydrogen) atoms. The number of hydrogen-bond acceptors (Lipinski definition) is 6. The molecule has 2 amide bonds. The lowest BCUT2D eigenvalue weighted by molar-refractivity contribution is 0.161. The van der Waals surface area contributed by atoms with E-state index in [0.717, 1.165) is 31.5 Å². The molecule has 136 valence electrons. The highest BCUT2D eigenvalue weighted by atomic mass is 32.1. The molecular weight excluding hydrogens is 368 g/mol. The molecule has 3 aromatic heterocycles. The molecule has 0 radical (unpaired) electrons. The van der Waals surface area contributed by atoms with Crippen molar-refractivity contribution in [1.82, 2.24) is 20.4 Å². The summed E-state index contributed by atoms with van der Waals surface area (Å²) in [6.07, 6.45) is 2.79. The molecular formula is C18H20N4O2S2. The molecule has 4 rings (SSSR count). The summed E-state index contributed by atoms with van der Waals surface area (Å²) >= 11 is 3.27. The molecule has 0 bridgehead atoms. The number of rotatable bonds is 5. The number of piperidine rings is 1. The Morgan fingerprint density at radius 2 is 2.35 bits per heavy atom. The lowest BCUT2D eigenvalue weighted by Gasteiger charge is -2.32. The van der Waals surface area contributed by atoms with Gasteiger partial charge in [-0.25, -0.2) is 4.79 Å². The van der Waals surface area contributed by atoms with Gasteiger partial charge in [0.05, 0.1) is 6.54 Å². The number of amides is 2. The Morgan fingerprint density at radius 1 is 1.38 bits per heavy atom. The van der Waals surface area contributed by atoms with Gasteiger partial charge in [0.1, 0.15) is 0 Å². The molecule has 1 N–H and O–H groups in total. The van der Waals surface area contributed by atoms with Gasteiger partial charge in [-0.15, -0.1) is 11.3 Å². The van der Waals surface area contributed by atoms with Gasteiger partial charge in [0.15, 0.2) is 0 Å². The SMILES string of the molecule is O=C(NCc1cccs1)N1CCC[C@@H](Cc2nc(-c3ccsc3)no2)C1. The first-order chi connectivity index (χ1) is 12.8. The second kappa shape index (κ2) is 8.01. The maximum Gasteiger partial charge on any atom is 0.317 e. The minimum Gasteiger partial charge on any atom is -0.339 e. The summed E-state index contributed by atoms with van der Waals surface area (Å²) in [7, 11) is 0. The van der Waals surface area contributed by atoms with Crippen molar-refractivity contribution < 1.29 is 9.32 Å². The van der Waals surface area contributed by atoms with Crippen LogP contribution in [0.2, 0.25) is 0 Å². The van der Waals surface area contributed by atoms with E-state index in [1.165, 1.54) is 4.88 Å². The first-order valence-corrected chi connectivity index (χ1v) is 10.5. The molecule has 1 fully saturated rings. The lowest BCUT2D eigenvalue weighted by Crippen LogP contribution is -2.45. The summed E-state index contributed by atoms with van der Waals surface area (Å²) in [5.41, 5.74) is 0.989. The van der Waals surface area contributed by atoms with E-state index in [-0.39, 0.29) is 6.03 Å². The second-order valence-electron chi connectivity index (χ2n) is 6.42. The minimum atomic E-state index is 0.00703. The lowest BCUT2D eigenvalue weighted by atomic mass is 9.95. The van der Waals surface area contributed by atoms with Crippen molar-refractivity contribution in [3.8, 4) is 11.4 Å². The Labute approximate surface area is 159 Å². The average Bonchev–Trinajstić information content (AvgIpc) is 3.41. The third kappa shape index (κ3) is 4.13. The first kappa shape index (κ1) is 17.2. The maximum atomic E-state index is 12.4. The van der Waals surface area contributed by atoms with Gasteiger partial charge >= 0.3 is 6.03 Å². The number of urea groups is 1. The molecule has 3 aromatic rings. The van der Waals surface area contributed by atoms with Gasteiger partial charge in [-0.05, 0) is 41.7 Å². The fourth-order valence-electron chi connectivity index (χ4n) is 3.20. The number of hydrogen-bond donors (Lipinski definition) is 1. The van der Waals surface area contributed by atoms with E-state index in [9.17, 15) is 4.79 Å². The number of likely N-dealkylation sites (tertiary alicyclic amines) is 1. The van der Waals surface area contributed by atoms with E-state index in [0.29, 0.717) is 30.6 Å². The quantitative estimate of drug-likeness (QED) is 0.716. The summed E-state index contributed by atoms with van der Waals surface area (Å²) in [5.74, 6) is 1.65. The molecule has 1 saturated heterocycles. The van der Waals surface area contributed by atoms with Crippen molar-refractivity contribution in [3.63, 3.8) is 0 Å². The molecule has 0 unspecified atom stereocenters. The van der Waals surface area contributed by atoms with Crippen LogP contribution >= 0.6 is 22.7 Å². The van der Waals surface area contributed by atoms with Gasteiger partial charge in [-0.1, -0.05) is 11.2 Å². The van der Waals surface area contributed by atoms with Gasteiger partial charge < -0.3 is 14.7 Å². The molecule has 1 aliphatic heterocycles. The van der Waals surface area contributed by atoms with E-state index in [1.807, 2.05) is 39.2 Å². The molecule has 8 heteroatoms. The smallest absolute Gasteiger partial charge is 0.317 e. The number of carbonyl (C=O) groups excluding carboxylic acids is 1. The molecule has 0 aromatic carbocycles. The zero-order chi connectivity index (χ0) is 17.8. The second-order valence-corrected chi connectivity index (χ2v) is 8.23. The highest BCUT2D eigenvalue weighted by Crippen LogP contribution is 2.23. The van der Waals surface area contributed by atoms with Crippen LogP contribution < -0.4 is 5.32 Å². The zero-order valence-electron chi connectivity index (χ0n) is 14.3. The molecule has 0 spiro atoms. The Bertz CT molecular complexity index is 829. The summed E-state index contributed by atoms with van der Waals surface area (Å²) in [5, 5.41) is 13.1. The molecule has 1 atom stereocenters. The van der Waals surface area contributed by atoms with Gasteiger partial charge in [0.25, 0.3) is 0 Å². The van der Waals surface area contributed by atoms with Crippen molar-refractivity contribution in [1.29, 1.82) is 0 Å². The van der Waals surface area contributed by atoms with Crippen LogP contribution in [0.4, 0.5) is 4.79 Å². The standard InChI is InChI=1S/C18H20N4O2S2/c23-18(19-10-15-4-2-7-26-15)22-6-1-3-13(11-22)9-16-20-17(21-24-16)14-5-8-25-12-14/h2,4-5,7-8,12-13H,1,3,6,9-11H2,(H,19,23)/t13-/m0/s1. The normalized spacial score (nSPS) is 17.4. The number of thiophene rings is 2. The Balaban J connectivity index is 1.31. The average molecular weight is 389 g/mol. The van der Waals surface area contributed by atoms with Crippen molar-refractivity contribution >= 4 is 28.7 Å². The summed E-state index contributed by atoms with van der Waals surface area (Å²) in [6.45, 7) is 2.12. The predicted octanol–water partition coefficient (Wildman–Crippen LogP) is 4.02. The molecule has 4 heterocycles. The molecule has 6 nitrogen and oxygen atoms in total. The largest absolute Gasteiger partial charge is 0.339 e. The van der Waals surface area contributed by atoms with Crippen LogP contribution in [0.3, 0.4) is 0 Å². The monoisotopic (exact) mass is 388 g/mol. The van der Waals surface area contributed by atoms with Crippen molar-refractivity contribution in [2.45, 2.75) is 25.8 Å². The van der Waals surface area contributed by atoms with Crippen LogP contribution in [0.5, 0.6) is 0 Å². The van der Waals surface area contributed by atoms with Gasteiger partial charge in [-0.3, -0.25) is 0 Å². The van der Waals surface area contributed by atoms with Crippen LogP contribution in [0.25, 0.3) is 11.4 Å². The van der Waals surface area contributed by atoms with Crippen LogP contribution in [0.1, 0.15) is 23.6 Å². The van der Waals surface area contributed by atoms with E-state index in [4.69, 9.17) is 4.52 Å². The summed E-state index contributed by atoms with van der Waals surface area (Å²) in [6, 6.07) is 6.02. The zero-order valence-corrected chi connectivity index (χ0v) is 15.9. The molecule has 0 aliphatic carbocycles. The van der Waals surface area contributed by atoms with E-state index >= 15 is 0 Å². The molecule has 0 saturated carbocycles. The van der Waals surface area contributed by atoms with Gasteiger partial charge in [0.2, 0.25) is 11.7 Å². The number of nitrogens with zero attached hydrogens (tertiary/aromatic N) is 3. The molecule has 1 aliphatic rings. The van der Waals surface area contributed by atoms with E-state index < -0.39 is 0 Å². The van der Waals surface area contributed by atoms with Gasteiger partial charge in [-0.2, -0.15) is 16.3 Å². The van der Waals surface area contributed by atoms with Crippen molar-refractivity contribution in [3.05, 3.63) is 45.1 Å². The van der Waals surface area contributed by atoms with Crippen molar-refractivity contribution in [2.24, 2.45) is 5.92 Å². The topological polar surface area (TPSA) is 71.3 Å². The van der Waals surface area contributed by atoms with E-state index in [2.05, 4.69) is 15.5 Å². The summed E-state index contributed by atoms with van der Waals surface area (Å²) in [4.78, 5) is 20.0. The number of aromatic nitrogens is 2. The number of carbonyl (C=O) groups is 1. The highest BCUT2D eigenvalue weighted by Gasteiger charge is 2.25. The fraction of sp³-hybridized carbons (Fsp3) is 0.389. The third-order valence-electron chi connectivity index (χ3n) is 4.51. The minimum absolute atomic E-state index is 0.00703. The predicted molar refractivity (Wildman–Crippen MR) is 102 cm³/mol. The third-order valence-corrected chi connectivity index (χ3v) is 6.07. The first-order valence-electron chi connectivity index (χ1n) is 8.68. The van der Waals surface area contributed by atoms with Gasteiger partial charge in [0, 0.05) is 35.3 Å².